The predicted octanol–water partition coefficient (Wildman–Crippen LogP) is 3.64. The fourth-order valence-electron chi connectivity index (χ4n) is 3.68. The van der Waals surface area contributed by atoms with Gasteiger partial charge in [-0.05, 0) is 35.9 Å². The van der Waals surface area contributed by atoms with Crippen molar-refractivity contribution < 1.29 is 19.4 Å². The zero-order chi connectivity index (χ0) is 20.5. The van der Waals surface area contributed by atoms with Crippen molar-refractivity contribution >= 4 is 17.5 Å². The highest BCUT2D eigenvalue weighted by Crippen LogP contribution is 2.45. The molecule has 2 N–H and O–H groups in total. The van der Waals surface area contributed by atoms with Crippen molar-refractivity contribution in [2.75, 3.05) is 27.4 Å². The van der Waals surface area contributed by atoms with E-state index in [1.54, 1.807) is 31.3 Å². The van der Waals surface area contributed by atoms with Crippen LogP contribution in [0, 0.1) is 0 Å². The van der Waals surface area contributed by atoms with Gasteiger partial charge in [-0.25, -0.2) is 0 Å². The average Bonchev–Trinajstić information content (AvgIpc) is 3.27. The van der Waals surface area contributed by atoms with Crippen molar-refractivity contribution in [1.29, 1.82) is 0 Å². The normalized spacial score (nSPS) is 15.6. The fourth-order valence-corrected chi connectivity index (χ4v) is 3.85. The Kier molecular flexibility index (Phi) is 5.17. The van der Waals surface area contributed by atoms with Crippen LogP contribution in [0.2, 0.25) is 5.02 Å². The fraction of sp³-hybridized carbons (Fsp3) is 0.238. The Balaban J connectivity index is 1.90. The molecule has 1 aliphatic rings. The highest BCUT2D eigenvalue weighted by atomic mass is 35.5. The van der Waals surface area contributed by atoms with E-state index < -0.39 is 6.04 Å². The maximum absolute atomic E-state index is 13.1. The van der Waals surface area contributed by atoms with E-state index in [2.05, 4.69) is 10.2 Å². The second kappa shape index (κ2) is 7.77. The van der Waals surface area contributed by atoms with Crippen molar-refractivity contribution in [3.63, 3.8) is 0 Å². The van der Waals surface area contributed by atoms with Crippen molar-refractivity contribution in [3.05, 3.63) is 64.3 Å². The molecule has 7 nitrogen and oxygen atoms in total. The van der Waals surface area contributed by atoms with Crippen LogP contribution in [0.25, 0.3) is 11.3 Å². The largest absolute Gasteiger partial charge is 0.507 e. The highest BCUT2D eigenvalue weighted by Gasteiger charge is 2.42. The molecule has 2 heterocycles. The van der Waals surface area contributed by atoms with Gasteiger partial charge >= 0.3 is 0 Å². The molecule has 0 saturated carbocycles. The number of halogens is 1. The number of nitrogens with one attached hydrogen (secondary N) is 1. The summed E-state index contributed by atoms with van der Waals surface area (Å²) in [5, 5.41) is 18.1. The Bertz CT molecular complexity index is 1070. The molecule has 1 aromatic heterocycles. The number of H-pyrrole nitrogens is 1. The van der Waals surface area contributed by atoms with E-state index in [-0.39, 0.29) is 11.7 Å². The number of ether oxygens (including phenoxy) is 2. The molecule has 3 aromatic rings. The van der Waals surface area contributed by atoms with E-state index in [4.69, 9.17) is 21.1 Å². The monoisotopic (exact) mass is 413 g/mol. The summed E-state index contributed by atoms with van der Waals surface area (Å²) < 4.78 is 10.6. The van der Waals surface area contributed by atoms with Crippen LogP contribution in [0.4, 0.5) is 0 Å². The van der Waals surface area contributed by atoms with Gasteiger partial charge in [-0.2, -0.15) is 5.10 Å². The molecule has 0 fully saturated rings. The third-order valence-corrected chi connectivity index (χ3v) is 5.26. The summed E-state index contributed by atoms with van der Waals surface area (Å²) in [5.41, 5.74) is 2.90. The first-order valence-electron chi connectivity index (χ1n) is 9.06. The molecular formula is C21H20ClN3O4. The standard InChI is InChI=1S/C21H20ClN3O4/c1-28-9-8-25-20(12-4-3-5-14(10-12)29-2)17-18(23-24-19(17)21(25)27)15-11-13(22)6-7-16(15)26/h3-7,10-11,20,26H,8-9H2,1-2H3,(H,23,24). The molecular weight excluding hydrogens is 394 g/mol. The lowest BCUT2D eigenvalue weighted by Crippen LogP contribution is -2.32. The second-order valence-electron chi connectivity index (χ2n) is 6.69. The van der Waals surface area contributed by atoms with Gasteiger partial charge in [0.25, 0.3) is 5.91 Å². The SMILES string of the molecule is COCCN1C(=O)c2[nH]nc(-c3cc(Cl)ccc3O)c2C1c1cccc(OC)c1. The summed E-state index contributed by atoms with van der Waals surface area (Å²) >= 11 is 6.14. The summed E-state index contributed by atoms with van der Waals surface area (Å²) in [7, 11) is 3.19. The van der Waals surface area contributed by atoms with Crippen LogP contribution in [0.3, 0.4) is 0 Å². The van der Waals surface area contributed by atoms with Crippen LogP contribution in [0.15, 0.2) is 42.5 Å². The molecule has 150 valence electrons. The van der Waals surface area contributed by atoms with Gasteiger partial charge in [-0.15, -0.1) is 0 Å². The molecule has 0 bridgehead atoms. The van der Waals surface area contributed by atoms with E-state index in [1.165, 1.54) is 6.07 Å². The van der Waals surface area contributed by atoms with Gasteiger partial charge in [0.15, 0.2) is 0 Å². The molecule has 1 unspecified atom stereocenters. The third-order valence-electron chi connectivity index (χ3n) is 5.02. The number of rotatable bonds is 6. The molecule has 29 heavy (non-hydrogen) atoms. The number of methoxy groups -OCH3 is 2. The number of fused-ring (bicyclic) bond motifs is 1. The number of aromatic hydroxyl groups is 1. The molecule has 1 atom stereocenters. The molecule has 1 amide bonds. The van der Waals surface area contributed by atoms with Gasteiger partial charge in [0, 0.05) is 29.8 Å². The zero-order valence-electron chi connectivity index (χ0n) is 16.0. The molecule has 8 heteroatoms. The topological polar surface area (TPSA) is 87.7 Å². The van der Waals surface area contributed by atoms with E-state index >= 15 is 0 Å². The van der Waals surface area contributed by atoms with Gasteiger partial charge in [0.05, 0.1) is 19.8 Å². The molecule has 2 aromatic carbocycles. The van der Waals surface area contributed by atoms with Crippen LogP contribution in [0.5, 0.6) is 11.5 Å². The minimum atomic E-state index is -0.408. The average molecular weight is 414 g/mol. The Labute approximate surface area is 172 Å². The first-order valence-corrected chi connectivity index (χ1v) is 9.44. The zero-order valence-corrected chi connectivity index (χ0v) is 16.7. The summed E-state index contributed by atoms with van der Waals surface area (Å²) in [4.78, 5) is 14.8. The molecule has 1 aliphatic heterocycles. The van der Waals surface area contributed by atoms with Crippen molar-refractivity contribution in [2.24, 2.45) is 0 Å². The van der Waals surface area contributed by atoms with Crippen LogP contribution in [-0.2, 0) is 4.74 Å². The summed E-state index contributed by atoms with van der Waals surface area (Å²) in [5.74, 6) is 0.548. The number of aromatic nitrogens is 2. The Hall–Kier alpha value is -3.03. The number of nitrogens with zero attached hydrogens (tertiary/aromatic N) is 2. The lowest BCUT2D eigenvalue weighted by molar-refractivity contribution is 0.0677. The predicted molar refractivity (Wildman–Crippen MR) is 108 cm³/mol. The smallest absolute Gasteiger partial charge is 0.273 e. The highest BCUT2D eigenvalue weighted by molar-refractivity contribution is 6.31. The maximum atomic E-state index is 13.1. The lowest BCUT2D eigenvalue weighted by Gasteiger charge is -2.26. The maximum Gasteiger partial charge on any atom is 0.273 e. The lowest BCUT2D eigenvalue weighted by atomic mass is 9.95. The van der Waals surface area contributed by atoms with Crippen LogP contribution >= 0.6 is 11.6 Å². The Morgan fingerprint density at radius 2 is 2.07 bits per heavy atom. The van der Waals surface area contributed by atoms with Gasteiger partial charge in [0.2, 0.25) is 0 Å². The molecule has 0 radical (unpaired) electrons. The van der Waals surface area contributed by atoms with Crippen molar-refractivity contribution in [3.8, 4) is 22.8 Å². The van der Waals surface area contributed by atoms with Crippen LogP contribution < -0.4 is 4.74 Å². The number of carbonyl (C=O) groups excluding carboxylic acids is 1. The number of amides is 1. The minimum Gasteiger partial charge on any atom is -0.507 e. The van der Waals surface area contributed by atoms with E-state index in [9.17, 15) is 9.90 Å². The molecule has 0 spiro atoms. The minimum absolute atomic E-state index is 0.0379. The second-order valence-corrected chi connectivity index (χ2v) is 7.13. The first-order chi connectivity index (χ1) is 14.0. The number of phenolic OH excluding ortho intramolecular Hbond substituents is 1. The quantitative estimate of drug-likeness (QED) is 0.644. The summed E-state index contributed by atoms with van der Waals surface area (Å²) in [6.07, 6.45) is 0. The number of benzene rings is 2. The Morgan fingerprint density at radius 3 is 2.83 bits per heavy atom. The number of hydrogen-bond acceptors (Lipinski definition) is 5. The van der Waals surface area contributed by atoms with Gasteiger partial charge in [-0.1, -0.05) is 23.7 Å². The first kappa shape index (κ1) is 19.3. The number of aromatic amines is 1. The number of phenols is 1. The molecule has 0 aliphatic carbocycles. The number of hydrogen-bond donors (Lipinski definition) is 2. The van der Waals surface area contributed by atoms with E-state index in [0.717, 1.165) is 5.56 Å². The van der Waals surface area contributed by atoms with E-state index in [1.807, 2.05) is 24.3 Å². The van der Waals surface area contributed by atoms with Gasteiger partial charge in [-0.3, -0.25) is 9.89 Å². The molecule has 0 saturated heterocycles. The summed E-state index contributed by atoms with van der Waals surface area (Å²) in [6, 6.07) is 11.9. The van der Waals surface area contributed by atoms with Gasteiger partial charge < -0.3 is 19.5 Å². The van der Waals surface area contributed by atoms with Crippen LogP contribution in [0.1, 0.15) is 27.7 Å². The number of carbonyl (C=O) groups is 1. The summed E-state index contributed by atoms with van der Waals surface area (Å²) in [6.45, 7) is 0.794. The third kappa shape index (κ3) is 3.32. The van der Waals surface area contributed by atoms with Crippen molar-refractivity contribution in [2.45, 2.75) is 6.04 Å². The molecule has 4 rings (SSSR count). The van der Waals surface area contributed by atoms with E-state index in [0.29, 0.717) is 46.4 Å². The Morgan fingerprint density at radius 1 is 1.24 bits per heavy atom. The van der Waals surface area contributed by atoms with Crippen LogP contribution in [-0.4, -0.2) is 53.5 Å². The van der Waals surface area contributed by atoms with Gasteiger partial charge in [0.1, 0.15) is 22.9 Å². The van der Waals surface area contributed by atoms with Crippen molar-refractivity contribution in [1.82, 2.24) is 15.1 Å².